The Hall–Kier alpha value is -5.39. The van der Waals surface area contributed by atoms with E-state index in [0.29, 0.717) is 65.2 Å². The lowest BCUT2D eigenvalue weighted by Crippen LogP contribution is -2.50. The molecule has 1 unspecified atom stereocenters. The summed E-state index contributed by atoms with van der Waals surface area (Å²) in [6.45, 7) is 25.3. The van der Waals surface area contributed by atoms with E-state index in [0.717, 1.165) is 11.1 Å². The van der Waals surface area contributed by atoms with Gasteiger partial charge in [-0.2, -0.15) is 0 Å². The van der Waals surface area contributed by atoms with Crippen molar-refractivity contribution in [3.8, 4) is 0 Å². The number of nitrogens with two attached hydrogens (primary N) is 1. The first kappa shape index (κ1) is 64.7. The quantitative estimate of drug-likeness (QED) is 0.0288. The zero-order valence-electron chi connectivity index (χ0n) is 46.7. The summed E-state index contributed by atoms with van der Waals surface area (Å²) in [6, 6.07) is 16.5. The van der Waals surface area contributed by atoms with Crippen LogP contribution in [0.15, 0.2) is 60.7 Å². The monoisotopic (exact) mass is 1040 g/mol. The van der Waals surface area contributed by atoms with E-state index in [1.165, 1.54) is 0 Å². The second kappa shape index (κ2) is 30.2. The minimum Gasteiger partial charge on any atom is -0.480 e. The molecule has 0 aliphatic rings. The lowest BCUT2D eigenvalue weighted by Gasteiger charge is -2.35. The molecule has 2 aromatic rings. The van der Waals surface area contributed by atoms with Crippen LogP contribution in [0.1, 0.15) is 152 Å². The lowest BCUT2D eigenvalue weighted by atomic mass is 9.71. The molecule has 7 N–H and O–H groups in total. The molecule has 4 amide bonds. The number of hydrogen-bond donors (Lipinski definition) is 6. The Bertz CT molecular complexity index is 2090. The number of esters is 2. The standard InChI is InChI=1S/C57H91N5O12/c1-13-57(12,34-56(10,11)51(70)74-33-42-24-18-15-19-25-42)50(69)62-44(49(68)73-32-41-22-16-14-17-23-41)27-28-45(63)60-35-54(6,7)39-72-38-53(4,5)31-47(65)61-36-55(8,9)40-71-37-52(2,3)30-46(64)59-29-21-20-26-43(58)48(66)67/h14-19,22-25,43-44H,13,20-21,26-40,58H2,1-12H3,(H,59,64)(H,60,63)(H,61,65)(H,62,69)(H,66,67)/t43-,44-,57?/m0/s1. The van der Waals surface area contributed by atoms with Gasteiger partial charge in [-0.05, 0) is 74.3 Å². The summed E-state index contributed by atoms with van der Waals surface area (Å²) in [5, 5.41) is 20.6. The van der Waals surface area contributed by atoms with E-state index in [1.54, 1.807) is 20.8 Å². The van der Waals surface area contributed by atoms with E-state index in [2.05, 4.69) is 21.3 Å². The maximum Gasteiger partial charge on any atom is 0.328 e. The summed E-state index contributed by atoms with van der Waals surface area (Å²) >= 11 is 0. The zero-order valence-corrected chi connectivity index (χ0v) is 46.7. The molecule has 0 fully saturated rings. The highest BCUT2D eigenvalue weighted by Gasteiger charge is 2.43. The molecule has 0 spiro atoms. The molecule has 0 saturated heterocycles. The van der Waals surface area contributed by atoms with Crippen LogP contribution in [-0.4, -0.2) is 105 Å². The summed E-state index contributed by atoms with van der Waals surface area (Å²) in [5.74, 6) is -3.15. The topological polar surface area (TPSA) is 251 Å². The Morgan fingerprint density at radius 3 is 1.54 bits per heavy atom. The Labute approximate surface area is 441 Å². The van der Waals surface area contributed by atoms with E-state index in [-0.39, 0.29) is 75.0 Å². The average Bonchev–Trinajstić information content (AvgIpc) is 3.32. The molecule has 0 aromatic heterocycles. The van der Waals surface area contributed by atoms with Gasteiger partial charge < -0.3 is 51.1 Å². The van der Waals surface area contributed by atoms with Crippen molar-refractivity contribution < 1.29 is 57.6 Å². The third kappa shape index (κ3) is 26.2. The molecule has 2 aromatic carbocycles. The molecular weight excluding hydrogens is 947 g/mol. The maximum absolute atomic E-state index is 14.1. The summed E-state index contributed by atoms with van der Waals surface area (Å²) in [7, 11) is 0. The number of unbranched alkanes of at least 4 members (excludes halogenated alkanes) is 1. The lowest BCUT2D eigenvalue weighted by molar-refractivity contribution is -0.159. The maximum atomic E-state index is 14.1. The van der Waals surface area contributed by atoms with Crippen molar-refractivity contribution in [1.29, 1.82) is 0 Å². The van der Waals surface area contributed by atoms with E-state index in [1.807, 2.05) is 123 Å². The fraction of sp³-hybridized carbons (Fsp3) is 0.667. The molecule has 0 aliphatic carbocycles. The molecule has 0 saturated carbocycles. The predicted octanol–water partition coefficient (Wildman–Crippen LogP) is 7.42. The number of carboxylic acid groups (broad SMARTS) is 1. The second-order valence-electron chi connectivity index (χ2n) is 24.0. The summed E-state index contributed by atoms with van der Waals surface area (Å²) < 4.78 is 23.4. The smallest absolute Gasteiger partial charge is 0.328 e. The van der Waals surface area contributed by atoms with Crippen LogP contribution in [0.25, 0.3) is 0 Å². The number of amides is 4. The van der Waals surface area contributed by atoms with E-state index < -0.39 is 63.0 Å². The van der Waals surface area contributed by atoms with Crippen LogP contribution in [0.3, 0.4) is 0 Å². The molecule has 2 rings (SSSR count). The highest BCUT2D eigenvalue weighted by atomic mass is 16.5. The Morgan fingerprint density at radius 1 is 0.595 bits per heavy atom. The van der Waals surface area contributed by atoms with Gasteiger partial charge in [0.25, 0.3) is 0 Å². The molecule has 0 radical (unpaired) electrons. The van der Waals surface area contributed by atoms with Crippen molar-refractivity contribution >= 4 is 41.5 Å². The number of nitrogens with one attached hydrogen (secondary N) is 4. The van der Waals surface area contributed by atoms with Crippen LogP contribution in [-0.2, 0) is 65.7 Å². The van der Waals surface area contributed by atoms with E-state index >= 15 is 0 Å². The van der Waals surface area contributed by atoms with E-state index in [9.17, 15) is 33.6 Å². The first-order chi connectivity index (χ1) is 34.4. The average molecular weight is 1040 g/mol. The van der Waals surface area contributed by atoms with Gasteiger partial charge in [0.1, 0.15) is 25.3 Å². The molecular formula is C57H91N5O12. The van der Waals surface area contributed by atoms with Crippen LogP contribution < -0.4 is 27.0 Å². The van der Waals surface area contributed by atoms with Gasteiger partial charge in [-0.15, -0.1) is 0 Å². The fourth-order valence-corrected chi connectivity index (χ4v) is 8.03. The predicted molar refractivity (Wildman–Crippen MR) is 285 cm³/mol. The number of aliphatic carboxylic acids is 1. The summed E-state index contributed by atoms with van der Waals surface area (Å²) in [6.07, 6.45) is 2.48. The fourth-order valence-electron chi connectivity index (χ4n) is 8.03. The Kier molecular flexibility index (Phi) is 26.4. The van der Waals surface area contributed by atoms with E-state index in [4.69, 9.17) is 29.8 Å². The highest BCUT2D eigenvalue weighted by molar-refractivity contribution is 5.89. The molecule has 0 heterocycles. The summed E-state index contributed by atoms with van der Waals surface area (Å²) in [4.78, 5) is 90.8. The second-order valence-corrected chi connectivity index (χ2v) is 24.0. The van der Waals surface area contributed by atoms with Gasteiger partial charge in [0.2, 0.25) is 23.6 Å². The molecule has 0 bridgehead atoms. The van der Waals surface area contributed by atoms with Crippen LogP contribution in [0.5, 0.6) is 0 Å². The zero-order chi connectivity index (χ0) is 55.8. The van der Waals surface area contributed by atoms with Crippen molar-refractivity contribution in [3.63, 3.8) is 0 Å². The van der Waals surface area contributed by atoms with Gasteiger partial charge >= 0.3 is 17.9 Å². The van der Waals surface area contributed by atoms with Gasteiger partial charge in [0.05, 0.1) is 31.8 Å². The highest BCUT2D eigenvalue weighted by Crippen LogP contribution is 2.38. The molecule has 74 heavy (non-hydrogen) atoms. The number of rotatable bonds is 36. The number of benzene rings is 2. The van der Waals surface area contributed by atoms with Gasteiger partial charge in [-0.25, -0.2) is 4.79 Å². The number of carbonyl (C=O) groups excluding carboxylic acids is 6. The number of hydrogen-bond acceptors (Lipinski definition) is 12. The van der Waals surface area contributed by atoms with Crippen molar-refractivity contribution in [3.05, 3.63) is 71.8 Å². The summed E-state index contributed by atoms with van der Waals surface area (Å²) in [5.41, 5.74) is 3.25. The Balaban J connectivity index is 1.86. The molecule has 17 nitrogen and oxygen atoms in total. The van der Waals surface area contributed by atoms with Crippen molar-refractivity contribution in [2.75, 3.05) is 46.1 Å². The Morgan fingerprint density at radius 2 is 1.05 bits per heavy atom. The minimum atomic E-state index is -1.14. The van der Waals surface area contributed by atoms with Crippen LogP contribution in [0.2, 0.25) is 0 Å². The van der Waals surface area contributed by atoms with Gasteiger partial charge in [-0.3, -0.25) is 28.8 Å². The van der Waals surface area contributed by atoms with Crippen molar-refractivity contribution in [2.24, 2.45) is 38.2 Å². The number of ether oxygens (including phenoxy) is 4. The van der Waals surface area contributed by atoms with Crippen molar-refractivity contribution in [2.45, 2.75) is 166 Å². The molecule has 416 valence electrons. The first-order valence-corrected chi connectivity index (χ1v) is 26.1. The van der Waals surface area contributed by atoms with Gasteiger partial charge in [-0.1, -0.05) is 130 Å². The van der Waals surface area contributed by atoms with Crippen LogP contribution >= 0.6 is 0 Å². The van der Waals surface area contributed by atoms with Gasteiger partial charge in [0.15, 0.2) is 0 Å². The number of carboxylic acids is 1. The van der Waals surface area contributed by atoms with Crippen LogP contribution in [0.4, 0.5) is 0 Å². The normalized spacial score (nSPS) is 13.9. The minimum absolute atomic E-state index is 0.0160. The number of carbonyl (C=O) groups is 7. The molecule has 17 heteroatoms. The van der Waals surface area contributed by atoms with Gasteiger partial charge in [0, 0.05) is 55.1 Å². The SMILES string of the molecule is CCC(C)(CC(C)(C)C(=O)OCc1ccccc1)C(=O)N[C@@H](CCC(=O)NCC(C)(C)COCC(C)(C)CC(=O)NCC(C)(C)COCC(C)(C)CC(=O)NCCCC[C@H](N)C(=O)O)C(=O)OCc1ccccc1. The third-order valence-electron chi connectivity index (χ3n) is 12.8. The first-order valence-electron chi connectivity index (χ1n) is 26.1. The van der Waals surface area contributed by atoms with Crippen molar-refractivity contribution in [1.82, 2.24) is 21.3 Å². The van der Waals surface area contributed by atoms with Crippen LogP contribution in [0, 0.1) is 32.5 Å². The molecule has 0 aliphatic heterocycles. The third-order valence-corrected chi connectivity index (χ3v) is 12.8. The largest absolute Gasteiger partial charge is 0.480 e. The molecule has 3 atom stereocenters.